The second kappa shape index (κ2) is 5.00. The Balaban J connectivity index is 1.99. The quantitative estimate of drug-likeness (QED) is 0.426. The van der Waals surface area contributed by atoms with Gasteiger partial charge >= 0.3 is 0 Å². The van der Waals surface area contributed by atoms with Gasteiger partial charge in [-0.05, 0) is 36.4 Å². The fourth-order valence-electron chi connectivity index (χ4n) is 2.57. The molecule has 4 heteroatoms. The van der Waals surface area contributed by atoms with E-state index in [0.29, 0.717) is 16.7 Å². The number of hydrogen-bond donors (Lipinski definition) is 1. The minimum absolute atomic E-state index is 0.489. The van der Waals surface area contributed by atoms with Gasteiger partial charge in [0, 0.05) is 28.6 Å². The van der Waals surface area contributed by atoms with Gasteiger partial charge in [-0.15, -0.1) is 0 Å². The van der Waals surface area contributed by atoms with Gasteiger partial charge in [0.15, 0.2) is 0 Å². The lowest BCUT2D eigenvalue weighted by molar-refractivity contribution is 0.302. The first-order chi connectivity index (χ1) is 10.8. The van der Waals surface area contributed by atoms with Gasteiger partial charge in [-0.25, -0.2) is 0 Å². The van der Waals surface area contributed by atoms with Crippen molar-refractivity contribution in [2.75, 3.05) is 0 Å². The molecule has 4 aromatic rings. The van der Waals surface area contributed by atoms with E-state index in [9.17, 15) is 5.21 Å². The maximum atomic E-state index is 9.25. The molecular formula is C18H12N2O2. The number of pyridine rings is 1. The second-order valence-corrected chi connectivity index (χ2v) is 5.00. The third kappa shape index (κ3) is 2.02. The molecule has 0 radical (unpaired) electrons. The van der Waals surface area contributed by atoms with E-state index in [1.165, 1.54) is 0 Å². The van der Waals surface area contributed by atoms with Crippen LogP contribution >= 0.6 is 0 Å². The summed E-state index contributed by atoms with van der Waals surface area (Å²) in [6, 6.07) is 19.0. The highest BCUT2D eigenvalue weighted by molar-refractivity contribution is 5.84. The smallest absolute Gasteiger partial charge is 0.137 e. The first kappa shape index (κ1) is 12.6. The number of para-hydroxylation sites is 1. The molecule has 106 valence electrons. The molecule has 0 aliphatic rings. The van der Waals surface area contributed by atoms with Crippen molar-refractivity contribution < 1.29 is 9.62 Å². The predicted molar refractivity (Wildman–Crippen MR) is 84.3 cm³/mol. The van der Waals surface area contributed by atoms with E-state index in [1.807, 2.05) is 54.6 Å². The van der Waals surface area contributed by atoms with Gasteiger partial charge in [0.05, 0.1) is 5.52 Å². The fourth-order valence-corrected chi connectivity index (χ4v) is 2.57. The van der Waals surface area contributed by atoms with Gasteiger partial charge in [0.2, 0.25) is 0 Å². The van der Waals surface area contributed by atoms with Crippen LogP contribution in [0.2, 0.25) is 0 Å². The van der Waals surface area contributed by atoms with Gasteiger partial charge in [0.1, 0.15) is 16.7 Å². The largest absolute Gasteiger partial charge is 0.456 e. The van der Waals surface area contributed by atoms with Crippen molar-refractivity contribution in [3.8, 4) is 11.3 Å². The van der Waals surface area contributed by atoms with Gasteiger partial charge in [-0.3, -0.25) is 4.98 Å². The average molecular weight is 288 g/mol. The molecule has 0 spiro atoms. The molecule has 0 aliphatic heterocycles. The summed E-state index contributed by atoms with van der Waals surface area (Å²) in [5.41, 5.74) is 2.52. The Morgan fingerprint density at radius 1 is 0.955 bits per heavy atom. The first-order valence-corrected chi connectivity index (χ1v) is 6.91. The molecule has 0 amide bonds. The number of aromatic nitrogens is 1. The van der Waals surface area contributed by atoms with Crippen LogP contribution in [0.25, 0.3) is 33.2 Å². The van der Waals surface area contributed by atoms with Crippen molar-refractivity contribution in [3.63, 3.8) is 0 Å². The highest BCUT2D eigenvalue weighted by Gasteiger charge is 2.06. The molecule has 0 bridgehead atoms. The lowest BCUT2D eigenvalue weighted by atomic mass is 10.1. The zero-order valence-corrected chi connectivity index (χ0v) is 11.6. The highest BCUT2D eigenvalue weighted by atomic mass is 16.4. The second-order valence-electron chi connectivity index (χ2n) is 5.00. The predicted octanol–water partition coefficient (Wildman–Crippen LogP) is 3.94. The van der Waals surface area contributed by atoms with Crippen molar-refractivity contribution in [2.24, 2.45) is 5.16 Å². The average Bonchev–Trinajstić information content (AvgIpc) is 2.60. The van der Waals surface area contributed by atoms with E-state index >= 15 is 0 Å². The standard InChI is InChI=1S/C18H12N2O2/c21-20-16-11-18(22-17-6-2-1-5-14(16)17)13-7-8-15-12(10-13)4-3-9-19-15/h1-11,21H/b20-16+. The summed E-state index contributed by atoms with van der Waals surface area (Å²) in [5, 5.41) is 14.9. The Morgan fingerprint density at radius 3 is 2.77 bits per heavy atom. The molecule has 1 N–H and O–H groups in total. The van der Waals surface area contributed by atoms with Crippen LogP contribution in [0.15, 0.2) is 76.4 Å². The molecule has 4 nitrogen and oxygen atoms in total. The maximum Gasteiger partial charge on any atom is 0.137 e. The summed E-state index contributed by atoms with van der Waals surface area (Å²) < 4.78 is 5.95. The molecule has 0 fully saturated rings. The van der Waals surface area contributed by atoms with Crippen molar-refractivity contribution in [1.82, 2.24) is 4.98 Å². The molecule has 0 saturated heterocycles. The van der Waals surface area contributed by atoms with E-state index in [-0.39, 0.29) is 0 Å². The summed E-state index contributed by atoms with van der Waals surface area (Å²) in [6.07, 6.45) is 1.77. The Labute approximate surface area is 126 Å². The van der Waals surface area contributed by atoms with Gasteiger partial charge in [-0.1, -0.05) is 23.4 Å². The van der Waals surface area contributed by atoms with Crippen molar-refractivity contribution in [3.05, 3.63) is 72.2 Å². The van der Waals surface area contributed by atoms with Crippen LogP contribution in [-0.2, 0) is 0 Å². The van der Waals surface area contributed by atoms with Crippen LogP contribution in [0.1, 0.15) is 0 Å². The minimum Gasteiger partial charge on any atom is -0.456 e. The number of hydrogen-bond acceptors (Lipinski definition) is 4. The molecule has 0 saturated carbocycles. The Morgan fingerprint density at radius 2 is 1.86 bits per heavy atom. The van der Waals surface area contributed by atoms with E-state index < -0.39 is 0 Å². The van der Waals surface area contributed by atoms with E-state index in [0.717, 1.165) is 21.9 Å². The Kier molecular flexibility index (Phi) is 2.86. The zero-order valence-electron chi connectivity index (χ0n) is 11.6. The third-order valence-electron chi connectivity index (χ3n) is 3.65. The van der Waals surface area contributed by atoms with Crippen molar-refractivity contribution >= 4 is 21.9 Å². The summed E-state index contributed by atoms with van der Waals surface area (Å²) >= 11 is 0. The van der Waals surface area contributed by atoms with Crippen molar-refractivity contribution in [2.45, 2.75) is 0 Å². The molecule has 4 rings (SSSR count). The summed E-state index contributed by atoms with van der Waals surface area (Å²) in [6.45, 7) is 0. The van der Waals surface area contributed by atoms with E-state index in [1.54, 1.807) is 12.3 Å². The lowest BCUT2D eigenvalue weighted by Gasteiger charge is -2.05. The lowest BCUT2D eigenvalue weighted by Crippen LogP contribution is -2.03. The Bertz CT molecular complexity index is 1050. The van der Waals surface area contributed by atoms with Gasteiger partial charge in [-0.2, -0.15) is 0 Å². The Hall–Kier alpha value is -3.14. The number of nitrogens with zero attached hydrogens (tertiary/aromatic N) is 2. The minimum atomic E-state index is 0.489. The van der Waals surface area contributed by atoms with Crippen LogP contribution in [0.5, 0.6) is 0 Å². The molecule has 2 heterocycles. The molecule has 0 unspecified atom stereocenters. The SMILES string of the molecule is O/N=c1\cc(-c2ccc3ncccc3c2)oc2ccccc12. The molecule has 0 atom stereocenters. The monoisotopic (exact) mass is 288 g/mol. The zero-order chi connectivity index (χ0) is 14.9. The number of rotatable bonds is 1. The van der Waals surface area contributed by atoms with Crippen LogP contribution < -0.4 is 5.36 Å². The van der Waals surface area contributed by atoms with Crippen molar-refractivity contribution in [1.29, 1.82) is 0 Å². The topological polar surface area (TPSA) is 58.6 Å². The van der Waals surface area contributed by atoms with Crippen LogP contribution in [-0.4, -0.2) is 10.2 Å². The molecular weight excluding hydrogens is 276 g/mol. The normalized spacial score (nSPS) is 12.1. The van der Waals surface area contributed by atoms with E-state index in [4.69, 9.17) is 4.42 Å². The summed E-state index contributed by atoms with van der Waals surface area (Å²) in [7, 11) is 0. The van der Waals surface area contributed by atoms with Gasteiger partial charge in [0.25, 0.3) is 0 Å². The third-order valence-corrected chi connectivity index (χ3v) is 3.65. The summed E-state index contributed by atoms with van der Waals surface area (Å²) in [5.74, 6) is 0.650. The highest BCUT2D eigenvalue weighted by Crippen LogP contribution is 2.25. The first-order valence-electron chi connectivity index (χ1n) is 6.91. The number of benzene rings is 2. The molecule has 2 aromatic carbocycles. The molecule has 22 heavy (non-hydrogen) atoms. The van der Waals surface area contributed by atoms with Gasteiger partial charge < -0.3 is 9.62 Å². The van der Waals surface area contributed by atoms with Crippen LogP contribution in [0.3, 0.4) is 0 Å². The fraction of sp³-hybridized carbons (Fsp3) is 0. The van der Waals surface area contributed by atoms with Crippen LogP contribution in [0, 0.1) is 0 Å². The molecule has 0 aliphatic carbocycles. The molecule has 2 aromatic heterocycles. The maximum absolute atomic E-state index is 9.25. The summed E-state index contributed by atoms with van der Waals surface area (Å²) in [4.78, 5) is 4.31. The van der Waals surface area contributed by atoms with E-state index in [2.05, 4.69) is 10.1 Å². The number of fused-ring (bicyclic) bond motifs is 2. The van der Waals surface area contributed by atoms with Crippen LogP contribution in [0.4, 0.5) is 0 Å².